The third-order valence-electron chi connectivity index (χ3n) is 2.89. The quantitative estimate of drug-likeness (QED) is 0.787. The number of nitrogens with one attached hydrogen (secondary N) is 1. The highest BCUT2D eigenvalue weighted by Crippen LogP contribution is 2.30. The number of furan rings is 1. The van der Waals surface area contributed by atoms with E-state index in [9.17, 15) is 0 Å². The standard InChI is InChI=1S/C13H10N2O/c14-8-13-11(4-6-16-13)9-1-2-12-10(7-9)3-5-15-12/h1-2,4,6-7,15H,3,5H2. The van der Waals surface area contributed by atoms with Gasteiger partial charge in [0, 0.05) is 17.8 Å². The first-order valence-corrected chi connectivity index (χ1v) is 5.23. The lowest BCUT2D eigenvalue weighted by Crippen LogP contribution is -1.90. The fraction of sp³-hybridized carbons (Fsp3) is 0.154. The zero-order chi connectivity index (χ0) is 11.0. The average Bonchev–Trinajstić information content (AvgIpc) is 2.96. The van der Waals surface area contributed by atoms with Crippen molar-refractivity contribution in [3.63, 3.8) is 0 Å². The summed E-state index contributed by atoms with van der Waals surface area (Å²) in [6.45, 7) is 0.995. The molecule has 0 atom stereocenters. The van der Waals surface area contributed by atoms with Crippen molar-refractivity contribution < 1.29 is 4.42 Å². The molecule has 0 unspecified atom stereocenters. The summed E-state index contributed by atoms with van der Waals surface area (Å²) >= 11 is 0. The Balaban J connectivity index is 2.11. The molecule has 2 aromatic rings. The Morgan fingerprint density at radius 2 is 2.25 bits per heavy atom. The Morgan fingerprint density at radius 1 is 1.31 bits per heavy atom. The van der Waals surface area contributed by atoms with Crippen LogP contribution in [0.4, 0.5) is 5.69 Å². The minimum absolute atomic E-state index is 0.380. The summed E-state index contributed by atoms with van der Waals surface area (Å²) in [5.74, 6) is 0.380. The van der Waals surface area contributed by atoms with Gasteiger partial charge >= 0.3 is 0 Å². The average molecular weight is 210 g/mol. The van der Waals surface area contributed by atoms with E-state index in [1.807, 2.05) is 12.1 Å². The number of nitriles is 1. The van der Waals surface area contributed by atoms with E-state index in [0.29, 0.717) is 5.76 Å². The van der Waals surface area contributed by atoms with E-state index in [1.165, 1.54) is 11.3 Å². The highest BCUT2D eigenvalue weighted by atomic mass is 16.3. The molecule has 0 saturated heterocycles. The molecule has 1 aliphatic rings. The molecule has 0 radical (unpaired) electrons. The summed E-state index contributed by atoms with van der Waals surface area (Å²) in [5, 5.41) is 12.2. The van der Waals surface area contributed by atoms with Gasteiger partial charge in [-0.3, -0.25) is 0 Å². The first kappa shape index (κ1) is 9.05. The van der Waals surface area contributed by atoms with E-state index in [-0.39, 0.29) is 0 Å². The van der Waals surface area contributed by atoms with E-state index < -0.39 is 0 Å². The van der Waals surface area contributed by atoms with E-state index in [1.54, 1.807) is 6.26 Å². The van der Waals surface area contributed by atoms with Crippen molar-refractivity contribution in [1.29, 1.82) is 5.26 Å². The molecule has 0 spiro atoms. The molecule has 0 bridgehead atoms. The zero-order valence-electron chi connectivity index (χ0n) is 8.66. The smallest absolute Gasteiger partial charge is 0.211 e. The van der Waals surface area contributed by atoms with E-state index in [0.717, 1.165) is 24.1 Å². The Morgan fingerprint density at radius 3 is 3.12 bits per heavy atom. The summed E-state index contributed by atoms with van der Waals surface area (Å²) in [6, 6.07) is 10.1. The van der Waals surface area contributed by atoms with Crippen molar-refractivity contribution in [1.82, 2.24) is 0 Å². The van der Waals surface area contributed by atoms with E-state index in [2.05, 4.69) is 23.5 Å². The summed E-state index contributed by atoms with van der Waals surface area (Å²) < 4.78 is 5.11. The summed E-state index contributed by atoms with van der Waals surface area (Å²) in [4.78, 5) is 0. The minimum Gasteiger partial charge on any atom is -0.453 e. The molecule has 1 aromatic heterocycles. The molecular weight excluding hydrogens is 200 g/mol. The van der Waals surface area contributed by atoms with Crippen molar-refractivity contribution in [3.05, 3.63) is 41.9 Å². The predicted molar refractivity (Wildman–Crippen MR) is 61.1 cm³/mol. The highest BCUT2D eigenvalue weighted by Gasteiger charge is 2.13. The summed E-state index contributed by atoms with van der Waals surface area (Å²) in [5.41, 5.74) is 4.43. The molecule has 3 nitrogen and oxygen atoms in total. The number of nitrogens with zero attached hydrogens (tertiary/aromatic N) is 1. The largest absolute Gasteiger partial charge is 0.453 e. The number of benzene rings is 1. The van der Waals surface area contributed by atoms with E-state index in [4.69, 9.17) is 9.68 Å². The Labute approximate surface area is 93.3 Å². The Kier molecular flexibility index (Phi) is 1.94. The lowest BCUT2D eigenvalue weighted by molar-refractivity contribution is 0.553. The van der Waals surface area contributed by atoms with Crippen LogP contribution in [-0.4, -0.2) is 6.54 Å². The number of hydrogen-bond donors (Lipinski definition) is 1. The van der Waals surface area contributed by atoms with Gasteiger partial charge in [-0.1, -0.05) is 6.07 Å². The second kappa shape index (κ2) is 3.42. The molecule has 3 heteroatoms. The van der Waals surface area contributed by atoms with Gasteiger partial charge in [0.2, 0.25) is 5.76 Å². The lowest BCUT2D eigenvalue weighted by Gasteiger charge is -2.02. The van der Waals surface area contributed by atoms with Gasteiger partial charge in [0.25, 0.3) is 0 Å². The molecule has 1 N–H and O–H groups in total. The molecule has 0 amide bonds. The van der Waals surface area contributed by atoms with Crippen LogP contribution in [0.1, 0.15) is 11.3 Å². The van der Waals surface area contributed by atoms with Gasteiger partial charge in [0.05, 0.1) is 6.26 Å². The van der Waals surface area contributed by atoms with Crippen molar-refractivity contribution in [2.24, 2.45) is 0 Å². The van der Waals surface area contributed by atoms with Gasteiger partial charge in [-0.25, -0.2) is 0 Å². The van der Waals surface area contributed by atoms with Gasteiger partial charge in [0.1, 0.15) is 6.07 Å². The predicted octanol–water partition coefficient (Wildman–Crippen LogP) is 2.79. The second-order valence-corrected chi connectivity index (χ2v) is 3.82. The Bertz CT molecular complexity index is 578. The molecule has 2 heterocycles. The maximum atomic E-state index is 8.91. The SMILES string of the molecule is N#Cc1occc1-c1ccc2c(c1)CCN2. The van der Waals surface area contributed by atoms with Crippen LogP contribution >= 0.6 is 0 Å². The van der Waals surface area contributed by atoms with Crippen molar-refractivity contribution in [2.75, 3.05) is 11.9 Å². The minimum atomic E-state index is 0.380. The van der Waals surface area contributed by atoms with Crippen LogP contribution in [0.2, 0.25) is 0 Å². The fourth-order valence-electron chi connectivity index (χ4n) is 2.10. The Hall–Kier alpha value is -2.21. The molecule has 1 aromatic carbocycles. The molecule has 1 aliphatic heterocycles. The zero-order valence-corrected chi connectivity index (χ0v) is 8.66. The van der Waals surface area contributed by atoms with Gasteiger partial charge in [0.15, 0.2) is 0 Å². The molecule has 16 heavy (non-hydrogen) atoms. The molecule has 0 fully saturated rings. The highest BCUT2D eigenvalue weighted by molar-refractivity contribution is 5.72. The third kappa shape index (κ3) is 1.28. The monoisotopic (exact) mass is 210 g/mol. The van der Waals surface area contributed by atoms with Crippen LogP contribution in [0.25, 0.3) is 11.1 Å². The van der Waals surface area contributed by atoms with Crippen molar-refractivity contribution in [2.45, 2.75) is 6.42 Å². The van der Waals surface area contributed by atoms with Gasteiger partial charge in [-0.05, 0) is 35.7 Å². The normalized spacial score (nSPS) is 12.9. The second-order valence-electron chi connectivity index (χ2n) is 3.82. The third-order valence-corrected chi connectivity index (χ3v) is 2.89. The van der Waals surface area contributed by atoms with Gasteiger partial charge < -0.3 is 9.73 Å². The lowest BCUT2D eigenvalue weighted by atomic mass is 10.0. The number of fused-ring (bicyclic) bond motifs is 1. The molecule has 78 valence electrons. The molecule has 0 aliphatic carbocycles. The molecule has 3 rings (SSSR count). The van der Waals surface area contributed by atoms with Gasteiger partial charge in [-0.2, -0.15) is 5.26 Å². The number of hydrogen-bond acceptors (Lipinski definition) is 3. The first-order chi connectivity index (χ1) is 7.88. The van der Waals surface area contributed by atoms with Crippen LogP contribution in [0.15, 0.2) is 34.9 Å². The maximum absolute atomic E-state index is 8.91. The topological polar surface area (TPSA) is 49.0 Å². The van der Waals surface area contributed by atoms with Crippen LogP contribution < -0.4 is 5.32 Å². The molecular formula is C13H10N2O. The molecule has 0 saturated carbocycles. The summed E-state index contributed by atoms with van der Waals surface area (Å²) in [7, 11) is 0. The first-order valence-electron chi connectivity index (χ1n) is 5.23. The van der Waals surface area contributed by atoms with Crippen LogP contribution in [0.3, 0.4) is 0 Å². The van der Waals surface area contributed by atoms with E-state index >= 15 is 0 Å². The van der Waals surface area contributed by atoms with Crippen LogP contribution in [0, 0.1) is 11.3 Å². The summed E-state index contributed by atoms with van der Waals surface area (Å²) in [6.07, 6.45) is 2.60. The van der Waals surface area contributed by atoms with Crippen molar-refractivity contribution >= 4 is 5.69 Å². The van der Waals surface area contributed by atoms with Crippen molar-refractivity contribution in [3.8, 4) is 17.2 Å². The van der Waals surface area contributed by atoms with Gasteiger partial charge in [-0.15, -0.1) is 0 Å². The van der Waals surface area contributed by atoms with Crippen LogP contribution in [-0.2, 0) is 6.42 Å². The maximum Gasteiger partial charge on any atom is 0.211 e. The van der Waals surface area contributed by atoms with Crippen LogP contribution in [0.5, 0.6) is 0 Å². The number of anilines is 1. The number of rotatable bonds is 1. The fourth-order valence-corrected chi connectivity index (χ4v) is 2.10.